The van der Waals surface area contributed by atoms with Crippen molar-refractivity contribution >= 4 is 54.1 Å². The molecular formula is C12H9Br2N3OS. The minimum Gasteiger partial charge on any atom is -0.495 e. The lowest BCUT2D eigenvalue weighted by Crippen LogP contribution is -1.94. The zero-order valence-corrected chi connectivity index (χ0v) is 14.1. The Labute approximate surface area is 131 Å². The predicted octanol–water partition coefficient (Wildman–Crippen LogP) is 4.60. The second-order valence-corrected chi connectivity index (χ2v) is 6.16. The van der Waals surface area contributed by atoms with E-state index >= 15 is 0 Å². The van der Waals surface area contributed by atoms with Crippen LogP contribution in [0.1, 0.15) is 11.3 Å². The predicted molar refractivity (Wildman–Crippen MR) is 83.2 cm³/mol. The number of anilines is 2. The van der Waals surface area contributed by atoms with Crippen molar-refractivity contribution < 1.29 is 4.74 Å². The highest BCUT2D eigenvalue weighted by molar-refractivity contribution is 9.11. The summed E-state index contributed by atoms with van der Waals surface area (Å²) in [5.41, 5.74) is 2.12. The van der Waals surface area contributed by atoms with Gasteiger partial charge in [-0.15, -0.1) is 0 Å². The summed E-state index contributed by atoms with van der Waals surface area (Å²) in [5.74, 6) is 0.713. The van der Waals surface area contributed by atoms with E-state index in [9.17, 15) is 0 Å². The van der Waals surface area contributed by atoms with Crippen molar-refractivity contribution in [3.05, 3.63) is 32.3 Å². The molecule has 0 spiro atoms. The number of nitriles is 1. The molecule has 4 nitrogen and oxygen atoms in total. The van der Waals surface area contributed by atoms with Crippen LogP contribution in [0.4, 0.5) is 10.7 Å². The Balaban J connectivity index is 2.41. The van der Waals surface area contributed by atoms with Crippen molar-refractivity contribution in [2.24, 2.45) is 0 Å². The maximum atomic E-state index is 9.11. The number of nitrogens with one attached hydrogen (secondary N) is 1. The molecular weight excluding hydrogens is 394 g/mol. The summed E-state index contributed by atoms with van der Waals surface area (Å²) in [4.78, 5) is 0. The van der Waals surface area contributed by atoms with Crippen LogP contribution < -0.4 is 10.1 Å². The van der Waals surface area contributed by atoms with Gasteiger partial charge in [-0.05, 0) is 56.4 Å². The Morgan fingerprint density at radius 2 is 2.11 bits per heavy atom. The van der Waals surface area contributed by atoms with Gasteiger partial charge in [-0.3, -0.25) is 0 Å². The summed E-state index contributed by atoms with van der Waals surface area (Å²) in [6.45, 7) is 1.82. The van der Waals surface area contributed by atoms with Gasteiger partial charge in [-0.25, -0.2) is 0 Å². The summed E-state index contributed by atoms with van der Waals surface area (Å²) in [6.07, 6.45) is 0. The minimum atomic E-state index is 0.568. The molecule has 0 unspecified atom stereocenters. The van der Waals surface area contributed by atoms with Crippen molar-refractivity contribution in [3.63, 3.8) is 0 Å². The Morgan fingerprint density at radius 1 is 1.37 bits per heavy atom. The number of ether oxygens (including phenoxy) is 1. The van der Waals surface area contributed by atoms with E-state index in [1.807, 2.05) is 19.1 Å². The van der Waals surface area contributed by atoms with E-state index in [2.05, 4.69) is 47.6 Å². The Bertz CT molecular complexity index is 664. The number of halogens is 2. The molecule has 0 saturated carbocycles. The van der Waals surface area contributed by atoms with Crippen LogP contribution in [0.3, 0.4) is 0 Å². The van der Waals surface area contributed by atoms with Crippen LogP contribution in [0.5, 0.6) is 5.75 Å². The lowest BCUT2D eigenvalue weighted by atomic mass is 10.2. The van der Waals surface area contributed by atoms with E-state index in [4.69, 9.17) is 10.00 Å². The van der Waals surface area contributed by atoms with Crippen LogP contribution >= 0.6 is 43.4 Å². The normalized spacial score (nSPS) is 10.1. The number of methoxy groups -OCH3 is 1. The molecule has 7 heteroatoms. The van der Waals surface area contributed by atoms with Crippen molar-refractivity contribution in [3.8, 4) is 11.8 Å². The van der Waals surface area contributed by atoms with Gasteiger partial charge in [0.25, 0.3) is 0 Å². The molecule has 0 aliphatic rings. The molecule has 1 aromatic carbocycles. The Kier molecular flexibility index (Phi) is 4.45. The standard InChI is InChI=1S/C12H9Br2N3OS/c1-6-7(5-15)12(19-17-6)16-10-4-11(18-2)9(14)3-8(10)13/h3-4,16H,1-2H3. The summed E-state index contributed by atoms with van der Waals surface area (Å²) < 4.78 is 11.2. The largest absolute Gasteiger partial charge is 0.495 e. The minimum absolute atomic E-state index is 0.568. The summed E-state index contributed by atoms with van der Waals surface area (Å²) in [7, 11) is 1.61. The molecule has 0 fully saturated rings. The fourth-order valence-electron chi connectivity index (χ4n) is 1.49. The molecule has 1 aromatic heterocycles. The maximum absolute atomic E-state index is 9.11. The molecule has 0 bridgehead atoms. The SMILES string of the molecule is COc1cc(Nc2snc(C)c2C#N)c(Br)cc1Br. The molecule has 19 heavy (non-hydrogen) atoms. The molecule has 2 aromatic rings. The van der Waals surface area contributed by atoms with Gasteiger partial charge in [0.05, 0.1) is 23.0 Å². The second kappa shape index (κ2) is 5.90. The highest BCUT2D eigenvalue weighted by Gasteiger charge is 2.13. The van der Waals surface area contributed by atoms with E-state index in [0.717, 1.165) is 25.3 Å². The zero-order chi connectivity index (χ0) is 14.0. The highest BCUT2D eigenvalue weighted by Crippen LogP contribution is 2.37. The number of aryl methyl sites for hydroxylation is 1. The number of aromatic nitrogens is 1. The first-order valence-corrected chi connectivity index (χ1v) is 7.59. The van der Waals surface area contributed by atoms with Crippen LogP contribution in [0.25, 0.3) is 0 Å². The summed E-state index contributed by atoms with van der Waals surface area (Å²) in [5, 5.41) is 13.0. The van der Waals surface area contributed by atoms with E-state index in [0.29, 0.717) is 11.3 Å². The van der Waals surface area contributed by atoms with Gasteiger partial charge in [0.1, 0.15) is 22.4 Å². The first kappa shape index (κ1) is 14.3. The number of hydrogen-bond donors (Lipinski definition) is 1. The lowest BCUT2D eigenvalue weighted by molar-refractivity contribution is 0.412. The third-order valence-electron chi connectivity index (χ3n) is 2.46. The fourth-order valence-corrected chi connectivity index (χ4v) is 3.51. The molecule has 98 valence electrons. The van der Waals surface area contributed by atoms with Gasteiger partial charge in [0.2, 0.25) is 0 Å². The molecule has 0 aliphatic heterocycles. The third-order valence-corrected chi connectivity index (χ3v) is 4.59. The van der Waals surface area contributed by atoms with Crippen LogP contribution in [0.15, 0.2) is 21.1 Å². The second-order valence-electron chi connectivity index (χ2n) is 3.68. The maximum Gasteiger partial charge on any atom is 0.135 e. The van der Waals surface area contributed by atoms with Gasteiger partial charge < -0.3 is 10.1 Å². The van der Waals surface area contributed by atoms with Crippen molar-refractivity contribution in [1.82, 2.24) is 4.37 Å². The first-order chi connectivity index (χ1) is 9.06. The first-order valence-electron chi connectivity index (χ1n) is 5.23. The monoisotopic (exact) mass is 401 g/mol. The Morgan fingerprint density at radius 3 is 2.74 bits per heavy atom. The van der Waals surface area contributed by atoms with Crippen LogP contribution in [0, 0.1) is 18.3 Å². The molecule has 0 saturated heterocycles. The highest BCUT2D eigenvalue weighted by atomic mass is 79.9. The topological polar surface area (TPSA) is 57.9 Å². The van der Waals surface area contributed by atoms with Crippen molar-refractivity contribution in [1.29, 1.82) is 5.26 Å². The zero-order valence-electron chi connectivity index (χ0n) is 10.1. The molecule has 0 radical (unpaired) electrons. The van der Waals surface area contributed by atoms with E-state index < -0.39 is 0 Å². The van der Waals surface area contributed by atoms with Gasteiger partial charge in [-0.2, -0.15) is 9.64 Å². The van der Waals surface area contributed by atoms with Crippen LogP contribution in [0.2, 0.25) is 0 Å². The quantitative estimate of drug-likeness (QED) is 0.814. The van der Waals surface area contributed by atoms with Crippen molar-refractivity contribution in [2.45, 2.75) is 6.92 Å². The van der Waals surface area contributed by atoms with Gasteiger partial charge in [0.15, 0.2) is 0 Å². The molecule has 1 heterocycles. The van der Waals surface area contributed by atoms with E-state index in [1.54, 1.807) is 7.11 Å². The van der Waals surface area contributed by atoms with E-state index in [1.165, 1.54) is 11.5 Å². The van der Waals surface area contributed by atoms with Crippen molar-refractivity contribution in [2.75, 3.05) is 12.4 Å². The van der Waals surface area contributed by atoms with Gasteiger partial charge in [0, 0.05) is 10.5 Å². The molecule has 0 aliphatic carbocycles. The Hall–Kier alpha value is -1.10. The van der Waals surface area contributed by atoms with Gasteiger partial charge >= 0.3 is 0 Å². The van der Waals surface area contributed by atoms with Crippen LogP contribution in [-0.2, 0) is 0 Å². The number of rotatable bonds is 3. The average molecular weight is 403 g/mol. The molecule has 1 N–H and O–H groups in total. The van der Waals surface area contributed by atoms with E-state index in [-0.39, 0.29) is 0 Å². The third kappa shape index (κ3) is 2.91. The molecule has 0 amide bonds. The average Bonchev–Trinajstić information content (AvgIpc) is 2.73. The molecule has 0 atom stereocenters. The number of hydrogen-bond acceptors (Lipinski definition) is 5. The number of benzene rings is 1. The molecule has 2 rings (SSSR count). The van der Waals surface area contributed by atoms with Gasteiger partial charge in [-0.1, -0.05) is 0 Å². The fraction of sp³-hybridized carbons (Fsp3) is 0.167. The summed E-state index contributed by atoms with van der Waals surface area (Å²) in [6, 6.07) is 5.89. The van der Waals surface area contributed by atoms with Crippen LogP contribution in [-0.4, -0.2) is 11.5 Å². The summed E-state index contributed by atoms with van der Waals surface area (Å²) >= 11 is 8.15. The lowest BCUT2D eigenvalue weighted by Gasteiger charge is -2.10. The smallest absolute Gasteiger partial charge is 0.135 e. The number of nitrogens with zero attached hydrogens (tertiary/aromatic N) is 2.